The number of phenols is 1. The standard InChI is InChI=1S/C7H7BF3O2.K/c1-13-5-2-3-7(12)6(4-5)8(9,10)11;/h2-4,12H,1H3;/q-1;+1. The van der Waals surface area contributed by atoms with Crippen molar-refractivity contribution in [1.29, 1.82) is 0 Å². The third-order valence-corrected chi connectivity index (χ3v) is 1.59. The Labute approximate surface area is 122 Å². The van der Waals surface area contributed by atoms with Gasteiger partial charge in [-0.15, -0.1) is 0 Å². The summed E-state index contributed by atoms with van der Waals surface area (Å²) in [4.78, 5) is 0. The first-order valence-electron chi connectivity index (χ1n) is 3.52. The van der Waals surface area contributed by atoms with Crippen LogP contribution < -0.4 is 61.6 Å². The van der Waals surface area contributed by atoms with E-state index in [1.54, 1.807) is 0 Å². The minimum absolute atomic E-state index is 0. The van der Waals surface area contributed by atoms with Crippen molar-refractivity contribution in [3.8, 4) is 11.5 Å². The normalized spacial score (nSPS) is 10.6. The summed E-state index contributed by atoms with van der Waals surface area (Å²) in [5.41, 5.74) is -1.03. The van der Waals surface area contributed by atoms with E-state index in [-0.39, 0.29) is 57.1 Å². The molecule has 0 heterocycles. The van der Waals surface area contributed by atoms with Gasteiger partial charge in [0.25, 0.3) is 0 Å². The molecule has 0 fully saturated rings. The second-order valence-electron chi connectivity index (χ2n) is 2.50. The molecule has 0 aliphatic heterocycles. The van der Waals surface area contributed by atoms with Crippen LogP contribution in [0.5, 0.6) is 11.5 Å². The Balaban J connectivity index is 0.00000169. The zero-order valence-electron chi connectivity index (χ0n) is 7.80. The van der Waals surface area contributed by atoms with Crippen molar-refractivity contribution in [3.63, 3.8) is 0 Å². The molecule has 0 saturated carbocycles. The van der Waals surface area contributed by atoms with Crippen LogP contribution in [-0.4, -0.2) is 19.2 Å². The molecule has 0 saturated heterocycles. The van der Waals surface area contributed by atoms with Crippen LogP contribution in [0, 0.1) is 0 Å². The summed E-state index contributed by atoms with van der Waals surface area (Å²) in [7, 11) is 1.26. The molecule has 0 unspecified atom stereocenters. The summed E-state index contributed by atoms with van der Waals surface area (Å²) in [5, 5.41) is 8.91. The molecule has 7 heteroatoms. The Kier molecular flexibility index (Phi) is 5.53. The summed E-state index contributed by atoms with van der Waals surface area (Å²) >= 11 is 0. The Morgan fingerprint density at radius 2 is 1.86 bits per heavy atom. The fourth-order valence-electron chi connectivity index (χ4n) is 0.922. The topological polar surface area (TPSA) is 29.5 Å². The first kappa shape index (κ1) is 14.3. The smallest absolute Gasteiger partial charge is 0.511 e. The number of aromatic hydroxyl groups is 1. The molecule has 1 aromatic carbocycles. The van der Waals surface area contributed by atoms with E-state index in [0.717, 1.165) is 12.1 Å². The largest absolute Gasteiger partial charge is 1.00 e. The number of rotatable bonds is 2. The van der Waals surface area contributed by atoms with Crippen LogP contribution in [0.25, 0.3) is 0 Å². The van der Waals surface area contributed by atoms with Crippen molar-refractivity contribution in [2.45, 2.75) is 0 Å². The molecule has 1 rings (SSSR count). The van der Waals surface area contributed by atoms with Crippen molar-refractivity contribution < 1.29 is 74.2 Å². The van der Waals surface area contributed by atoms with Gasteiger partial charge in [0.15, 0.2) is 0 Å². The molecule has 0 aliphatic rings. The first-order chi connectivity index (χ1) is 5.95. The maximum absolute atomic E-state index is 12.2. The average molecular weight is 230 g/mol. The molecular weight excluding hydrogens is 223 g/mol. The van der Waals surface area contributed by atoms with E-state index in [2.05, 4.69) is 4.74 Å². The molecule has 14 heavy (non-hydrogen) atoms. The molecular formula is C7H7BF3KO2. The van der Waals surface area contributed by atoms with Crippen LogP contribution in [-0.2, 0) is 0 Å². The Morgan fingerprint density at radius 1 is 1.29 bits per heavy atom. The summed E-state index contributed by atoms with van der Waals surface area (Å²) in [6.07, 6.45) is 0. The summed E-state index contributed by atoms with van der Waals surface area (Å²) in [6.45, 7) is -5.19. The van der Waals surface area contributed by atoms with Crippen molar-refractivity contribution in [3.05, 3.63) is 18.2 Å². The van der Waals surface area contributed by atoms with Gasteiger partial charge < -0.3 is 22.8 Å². The van der Waals surface area contributed by atoms with Gasteiger partial charge in [-0.2, -0.15) is 0 Å². The zero-order valence-corrected chi connectivity index (χ0v) is 10.9. The SMILES string of the molecule is COc1ccc(O)c([B-](F)(F)F)c1.[K+]. The van der Waals surface area contributed by atoms with Crippen LogP contribution >= 0.6 is 0 Å². The van der Waals surface area contributed by atoms with E-state index < -0.39 is 18.2 Å². The molecule has 72 valence electrons. The fourth-order valence-corrected chi connectivity index (χ4v) is 0.922. The minimum atomic E-state index is -5.19. The number of hydrogen-bond acceptors (Lipinski definition) is 2. The van der Waals surface area contributed by atoms with Crippen molar-refractivity contribution >= 4 is 12.4 Å². The Bertz CT molecular complexity index is 316. The molecule has 2 nitrogen and oxygen atoms in total. The number of methoxy groups -OCH3 is 1. The van der Waals surface area contributed by atoms with E-state index in [0.29, 0.717) is 0 Å². The Morgan fingerprint density at radius 3 is 2.29 bits per heavy atom. The van der Waals surface area contributed by atoms with Crippen LogP contribution in [0.3, 0.4) is 0 Å². The van der Waals surface area contributed by atoms with E-state index >= 15 is 0 Å². The number of halogens is 3. The quantitative estimate of drug-likeness (QED) is 0.624. The van der Waals surface area contributed by atoms with Gasteiger partial charge in [-0.1, -0.05) is 5.46 Å². The van der Waals surface area contributed by atoms with Gasteiger partial charge in [0.05, 0.1) is 12.9 Å². The van der Waals surface area contributed by atoms with Crippen molar-refractivity contribution in [2.75, 3.05) is 7.11 Å². The third-order valence-electron chi connectivity index (χ3n) is 1.59. The molecule has 0 amide bonds. The Hall–Kier alpha value is 0.311. The monoisotopic (exact) mass is 230 g/mol. The van der Waals surface area contributed by atoms with E-state index in [4.69, 9.17) is 5.11 Å². The zero-order chi connectivity index (χ0) is 10.1. The summed E-state index contributed by atoms with van der Waals surface area (Å²) in [5.74, 6) is -0.694. The minimum Gasteiger partial charge on any atom is -0.511 e. The summed E-state index contributed by atoms with van der Waals surface area (Å²) in [6, 6.07) is 3.00. The molecule has 0 radical (unpaired) electrons. The number of hydrogen-bond donors (Lipinski definition) is 1. The molecule has 0 spiro atoms. The number of ether oxygens (including phenoxy) is 1. The van der Waals surface area contributed by atoms with Gasteiger partial charge >= 0.3 is 58.4 Å². The maximum Gasteiger partial charge on any atom is 1.00 e. The maximum atomic E-state index is 12.2. The number of phenolic OH excluding ortho intramolecular Hbond substituents is 1. The number of benzene rings is 1. The van der Waals surface area contributed by atoms with Crippen molar-refractivity contribution in [1.82, 2.24) is 0 Å². The third kappa shape index (κ3) is 3.47. The second kappa shape index (κ2) is 5.41. The first-order valence-corrected chi connectivity index (χ1v) is 3.52. The van der Waals surface area contributed by atoms with E-state index in [9.17, 15) is 12.9 Å². The molecule has 0 aliphatic carbocycles. The van der Waals surface area contributed by atoms with Gasteiger partial charge in [0, 0.05) is 0 Å². The van der Waals surface area contributed by atoms with Gasteiger partial charge in [-0.3, -0.25) is 0 Å². The predicted molar refractivity (Wildman–Crippen MR) is 43.4 cm³/mol. The summed E-state index contributed by atoms with van der Waals surface area (Å²) < 4.78 is 41.2. The van der Waals surface area contributed by atoms with Gasteiger partial charge in [-0.05, 0) is 18.2 Å². The molecule has 0 atom stereocenters. The average Bonchev–Trinajstić information content (AvgIpc) is 2.03. The molecule has 0 bridgehead atoms. The van der Waals surface area contributed by atoms with Crippen LogP contribution in [0.15, 0.2) is 18.2 Å². The molecule has 0 aromatic heterocycles. The molecule has 1 aromatic rings. The van der Waals surface area contributed by atoms with E-state index in [1.807, 2.05) is 0 Å². The van der Waals surface area contributed by atoms with Gasteiger partial charge in [-0.25, -0.2) is 0 Å². The van der Waals surface area contributed by atoms with Gasteiger partial charge in [0.1, 0.15) is 5.75 Å². The molecule has 1 N–H and O–H groups in total. The predicted octanol–water partition coefficient (Wildman–Crippen LogP) is -1.54. The fraction of sp³-hybridized carbons (Fsp3) is 0.143. The van der Waals surface area contributed by atoms with E-state index in [1.165, 1.54) is 13.2 Å². The van der Waals surface area contributed by atoms with Crippen LogP contribution in [0.1, 0.15) is 0 Å². The second-order valence-corrected chi connectivity index (χ2v) is 2.50. The van der Waals surface area contributed by atoms with Crippen LogP contribution in [0.2, 0.25) is 0 Å². The van der Waals surface area contributed by atoms with Gasteiger partial charge in [0.2, 0.25) is 0 Å². The van der Waals surface area contributed by atoms with Crippen molar-refractivity contribution in [2.24, 2.45) is 0 Å². The van der Waals surface area contributed by atoms with Crippen LogP contribution in [0.4, 0.5) is 12.9 Å².